The number of imidazole rings is 1. The average molecular weight is 300 g/mol. The zero-order chi connectivity index (χ0) is 15.4. The van der Waals surface area contributed by atoms with Crippen LogP contribution >= 0.6 is 0 Å². The number of benzene rings is 1. The molecule has 1 aliphatic heterocycles. The van der Waals surface area contributed by atoms with E-state index in [0.717, 1.165) is 11.3 Å². The minimum absolute atomic E-state index is 0.0327. The van der Waals surface area contributed by atoms with Crippen molar-refractivity contribution in [2.24, 2.45) is 0 Å². The van der Waals surface area contributed by atoms with Crippen LogP contribution in [0, 0.1) is 0 Å². The van der Waals surface area contributed by atoms with Gasteiger partial charge in [-0.15, -0.1) is 0 Å². The number of carbonyl (C=O) groups is 1. The summed E-state index contributed by atoms with van der Waals surface area (Å²) in [6, 6.07) is 8.01. The number of carbonyl (C=O) groups excluding carboxylic acids is 1. The molecule has 0 saturated carbocycles. The van der Waals surface area contributed by atoms with Gasteiger partial charge in [0.25, 0.3) is 0 Å². The first kappa shape index (κ1) is 14.6. The van der Waals surface area contributed by atoms with Crippen LogP contribution in [0.25, 0.3) is 5.69 Å². The van der Waals surface area contributed by atoms with Gasteiger partial charge in [-0.1, -0.05) is 12.1 Å². The van der Waals surface area contributed by atoms with E-state index >= 15 is 0 Å². The van der Waals surface area contributed by atoms with Crippen molar-refractivity contribution in [1.29, 1.82) is 0 Å². The van der Waals surface area contributed by atoms with E-state index in [9.17, 15) is 4.79 Å². The molecular weight excluding hydrogens is 280 g/mol. The lowest BCUT2D eigenvalue weighted by molar-refractivity contribution is -0.0300. The van der Waals surface area contributed by atoms with E-state index in [-0.39, 0.29) is 12.1 Å². The van der Waals surface area contributed by atoms with Gasteiger partial charge >= 0.3 is 6.03 Å². The molecule has 2 heterocycles. The van der Waals surface area contributed by atoms with Gasteiger partial charge in [0.2, 0.25) is 0 Å². The lowest BCUT2D eigenvalue weighted by Gasteiger charge is -2.38. The van der Waals surface area contributed by atoms with Crippen molar-refractivity contribution in [3.8, 4) is 5.69 Å². The van der Waals surface area contributed by atoms with E-state index in [4.69, 9.17) is 4.74 Å². The molecule has 2 aromatic rings. The predicted molar refractivity (Wildman–Crippen MR) is 82.8 cm³/mol. The Labute approximate surface area is 129 Å². The molecule has 0 bridgehead atoms. The number of aromatic nitrogens is 2. The molecule has 3 rings (SSSR count). The summed E-state index contributed by atoms with van der Waals surface area (Å²) in [5, 5.41) is 2.93. The number of hydrogen-bond acceptors (Lipinski definition) is 3. The van der Waals surface area contributed by atoms with Gasteiger partial charge in [0.1, 0.15) is 0 Å². The Morgan fingerprint density at radius 1 is 1.36 bits per heavy atom. The van der Waals surface area contributed by atoms with E-state index in [0.29, 0.717) is 26.2 Å². The monoisotopic (exact) mass is 300 g/mol. The summed E-state index contributed by atoms with van der Waals surface area (Å²) in [5.41, 5.74) is 2.12. The second-order valence-corrected chi connectivity index (χ2v) is 5.28. The number of rotatable bonds is 5. The van der Waals surface area contributed by atoms with E-state index in [1.54, 1.807) is 17.4 Å². The van der Waals surface area contributed by atoms with Crippen LogP contribution in [0.15, 0.2) is 43.0 Å². The molecule has 0 radical (unpaired) electrons. The molecule has 0 unspecified atom stereocenters. The normalized spacial score (nSPS) is 14.7. The Hall–Kier alpha value is -2.34. The van der Waals surface area contributed by atoms with E-state index in [2.05, 4.69) is 10.3 Å². The third kappa shape index (κ3) is 3.28. The van der Waals surface area contributed by atoms with Gasteiger partial charge in [0, 0.05) is 31.2 Å². The van der Waals surface area contributed by atoms with Crippen LogP contribution in [-0.2, 0) is 11.3 Å². The van der Waals surface area contributed by atoms with E-state index in [1.807, 2.05) is 42.0 Å². The van der Waals surface area contributed by atoms with Crippen LogP contribution in [0.5, 0.6) is 0 Å². The van der Waals surface area contributed by atoms with Gasteiger partial charge < -0.3 is 19.5 Å². The van der Waals surface area contributed by atoms with Crippen LogP contribution in [0.4, 0.5) is 4.79 Å². The third-order valence-electron chi connectivity index (χ3n) is 3.72. The summed E-state index contributed by atoms with van der Waals surface area (Å²) >= 11 is 0. The first-order chi connectivity index (χ1) is 10.8. The molecule has 1 aromatic heterocycles. The molecule has 1 saturated heterocycles. The summed E-state index contributed by atoms with van der Waals surface area (Å²) in [5.74, 6) is 0. The minimum atomic E-state index is -0.0327. The molecule has 6 nitrogen and oxygen atoms in total. The number of nitrogens with one attached hydrogen (secondary N) is 1. The zero-order valence-corrected chi connectivity index (χ0v) is 12.6. The molecule has 0 atom stereocenters. The smallest absolute Gasteiger partial charge is 0.317 e. The topological polar surface area (TPSA) is 59.4 Å². The van der Waals surface area contributed by atoms with Gasteiger partial charge in [-0.25, -0.2) is 9.78 Å². The largest absolute Gasteiger partial charge is 0.375 e. The van der Waals surface area contributed by atoms with Crippen molar-refractivity contribution < 1.29 is 9.53 Å². The van der Waals surface area contributed by atoms with Crippen molar-refractivity contribution in [2.45, 2.75) is 19.6 Å². The van der Waals surface area contributed by atoms with Gasteiger partial charge in [0.05, 0.1) is 25.5 Å². The fraction of sp³-hybridized carbons (Fsp3) is 0.375. The van der Waals surface area contributed by atoms with E-state index < -0.39 is 0 Å². The number of amides is 2. The highest BCUT2D eigenvalue weighted by molar-refractivity contribution is 5.75. The van der Waals surface area contributed by atoms with Crippen LogP contribution < -0.4 is 5.32 Å². The molecule has 116 valence electrons. The molecule has 22 heavy (non-hydrogen) atoms. The van der Waals surface area contributed by atoms with Gasteiger partial charge in [-0.05, 0) is 24.6 Å². The SMILES string of the molecule is CCOC1CN(C(=O)NCc2ccc(-n3ccnc3)cc2)C1. The number of urea groups is 1. The first-order valence-corrected chi connectivity index (χ1v) is 7.48. The quantitative estimate of drug-likeness (QED) is 0.916. The lowest BCUT2D eigenvalue weighted by atomic mass is 10.2. The van der Waals surface area contributed by atoms with Crippen molar-refractivity contribution in [3.05, 3.63) is 48.5 Å². The maximum absolute atomic E-state index is 11.9. The van der Waals surface area contributed by atoms with Crippen molar-refractivity contribution in [3.63, 3.8) is 0 Å². The molecule has 1 aromatic carbocycles. The molecule has 6 heteroatoms. The highest BCUT2D eigenvalue weighted by Gasteiger charge is 2.30. The van der Waals surface area contributed by atoms with Gasteiger partial charge in [-0.3, -0.25) is 0 Å². The molecule has 1 N–H and O–H groups in total. The Morgan fingerprint density at radius 2 is 2.14 bits per heavy atom. The lowest BCUT2D eigenvalue weighted by Crippen LogP contribution is -2.57. The number of nitrogens with zero attached hydrogens (tertiary/aromatic N) is 3. The Bertz CT molecular complexity index is 604. The molecule has 1 fully saturated rings. The van der Waals surface area contributed by atoms with Crippen LogP contribution in [-0.4, -0.2) is 46.3 Å². The average Bonchev–Trinajstić information content (AvgIpc) is 3.03. The van der Waals surface area contributed by atoms with Gasteiger partial charge in [-0.2, -0.15) is 0 Å². The maximum Gasteiger partial charge on any atom is 0.317 e. The Kier molecular flexibility index (Phi) is 4.39. The van der Waals surface area contributed by atoms with Crippen molar-refractivity contribution in [1.82, 2.24) is 19.8 Å². The molecule has 1 aliphatic rings. The number of likely N-dealkylation sites (tertiary alicyclic amines) is 1. The molecule has 0 aliphatic carbocycles. The summed E-state index contributed by atoms with van der Waals surface area (Å²) < 4.78 is 7.38. The standard InChI is InChI=1S/C16H20N4O2/c1-2-22-15-10-20(11-15)16(21)18-9-13-3-5-14(6-4-13)19-8-7-17-12-19/h3-8,12,15H,2,9-11H2,1H3,(H,18,21). The number of ether oxygens (including phenoxy) is 1. The van der Waals surface area contributed by atoms with Crippen molar-refractivity contribution in [2.75, 3.05) is 19.7 Å². The first-order valence-electron chi connectivity index (χ1n) is 7.48. The summed E-state index contributed by atoms with van der Waals surface area (Å²) in [6.45, 7) is 4.55. The molecule has 0 spiro atoms. The van der Waals surface area contributed by atoms with Gasteiger partial charge in [0.15, 0.2) is 0 Å². The second kappa shape index (κ2) is 6.62. The highest BCUT2D eigenvalue weighted by Crippen LogP contribution is 2.12. The fourth-order valence-electron chi connectivity index (χ4n) is 2.43. The van der Waals surface area contributed by atoms with Crippen molar-refractivity contribution >= 4 is 6.03 Å². The minimum Gasteiger partial charge on any atom is -0.375 e. The molecule has 2 amide bonds. The van der Waals surface area contributed by atoms with Crippen LogP contribution in [0.3, 0.4) is 0 Å². The predicted octanol–water partition coefficient (Wildman–Crippen LogP) is 1.80. The van der Waals surface area contributed by atoms with Crippen LogP contribution in [0.1, 0.15) is 12.5 Å². The highest BCUT2D eigenvalue weighted by atomic mass is 16.5. The summed E-state index contributed by atoms with van der Waals surface area (Å²) in [4.78, 5) is 17.7. The zero-order valence-electron chi connectivity index (χ0n) is 12.6. The Morgan fingerprint density at radius 3 is 2.77 bits per heavy atom. The maximum atomic E-state index is 11.9. The molecular formula is C16H20N4O2. The second-order valence-electron chi connectivity index (χ2n) is 5.28. The number of hydrogen-bond donors (Lipinski definition) is 1. The third-order valence-corrected chi connectivity index (χ3v) is 3.72. The fourth-order valence-corrected chi connectivity index (χ4v) is 2.43. The van der Waals surface area contributed by atoms with Crippen LogP contribution in [0.2, 0.25) is 0 Å². The van der Waals surface area contributed by atoms with E-state index in [1.165, 1.54) is 0 Å². The summed E-state index contributed by atoms with van der Waals surface area (Å²) in [7, 11) is 0. The summed E-state index contributed by atoms with van der Waals surface area (Å²) in [6.07, 6.45) is 5.60. The Balaban J connectivity index is 1.47.